The number of nitrogens with zero attached hydrogens (tertiary/aromatic N) is 3. The first-order valence-electron chi connectivity index (χ1n) is 5.57. The summed E-state index contributed by atoms with van der Waals surface area (Å²) in [5.41, 5.74) is 5.51. The van der Waals surface area contributed by atoms with Crippen molar-refractivity contribution >= 4 is 11.3 Å². The van der Waals surface area contributed by atoms with E-state index in [1.165, 1.54) is 0 Å². The zero-order valence-electron chi connectivity index (χ0n) is 9.56. The molecule has 0 amide bonds. The van der Waals surface area contributed by atoms with Crippen LogP contribution in [0.3, 0.4) is 0 Å². The fourth-order valence-corrected chi connectivity index (χ4v) is 2.65. The van der Waals surface area contributed by atoms with Crippen molar-refractivity contribution in [3.63, 3.8) is 0 Å². The van der Waals surface area contributed by atoms with Crippen LogP contribution >= 0.6 is 11.3 Å². The zero-order valence-corrected chi connectivity index (χ0v) is 10.4. The minimum absolute atomic E-state index is 0.0761. The SMILES string of the molecule is NCc1noc(C(c2cccs2)n2cccc2)n1. The fourth-order valence-electron chi connectivity index (χ4n) is 1.82. The van der Waals surface area contributed by atoms with Gasteiger partial charge in [0.25, 0.3) is 5.89 Å². The molecule has 3 aromatic rings. The van der Waals surface area contributed by atoms with E-state index in [9.17, 15) is 0 Å². The molecule has 0 aromatic carbocycles. The monoisotopic (exact) mass is 260 g/mol. The summed E-state index contributed by atoms with van der Waals surface area (Å²) >= 11 is 1.66. The summed E-state index contributed by atoms with van der Waals surface area (Å²) in [6.45, 7) is 0.284. The molecule has 6 heteroatoms. The van der Waals surface area contributed by atoms with E-state index in [1.54, 1.807) is 11.3 Å². The van der Waals surface area contributed by atoms with Gasteiger partial charge in [0.05, 0.1) is 6.54 Å². The van der Waals surface area contributed by atoms with Crippen LogP contribution in [0.5, 0.6) is 0 Å². The van der Waals surface area contributed by atoms with E-state index in [4.69, 9.17) is 10.3 Å². The average Bonchev–Trinajstić information content (AvgIpc) is 3.13. The van der Waals surface area contributed by atoms with Gasteiger partial charge in [-0.25, -0.2) is 0 Å². The van der Waals surface area contributed by atoms with Crippen LogP contribution < -0.4 is 5.73 Å². The van der Waals surface area contributed by atoms with Crippen LogP contribution in [0.1, 0.15) is 22.6 Å². The topological polar surface area (TPSA) is 69.9 Å². The molecule has 0 aliphatic carbocycles. The highest BCUT2D eigenvalue weighted by Gasteiger charge is 2.22. The van der Waals surface area contributed by atoms with Crippen molar-refractivity contribution in [3.05, 3.63) is 58.6 Å². The number of hydrogen-bond acceptors (Lipinski definition) is 5. The van der Waals surface area contributed by atoms with Crippen molar-refractivity contribution < 1.29 is 4.52 Å². The largest absolute Gasteiger partial charge is 0.337 e. The molecule has 3 aromatic heterocycles. The maximum absolute atomic E-state index is 5.51. The molecule has 3 heterocycles. The van der Waals surface area contributed by atoms with Gasteiger partial charge in [0, 0.05) is 17.3 Å². The molecule has 5 nitrogen and oxygen atoms in total. The van der Waals surface area contributed by atoms with E-state index in [1.807, 2.05) is 40.5 Å². The Morgan fingerprint density at radius 3 is 2.78 bits per heavy atom. The lowest BCUT2D eigenvalue weighted by atomic mass is 10.2. The Hall–Kier alpha value is -1.92. The third-order valence-corrected chi connectivity index (χ3v) is 3.56. The second kappa shape index (κ2) is 4.75. The summed E-state index contributed by atoms with van der Waals surface area (Å²) < 4.78 is 7.35. The van der Waals surface area contributed by atoms with Gasteiger partial charge in [-0.3, -0.25) is 0 Å². The molecule has 1 unspecified atom stereocenters. The number of rotatable bonds is 4. The maximum atomic E-state index is 5.51. The number of hydrogen-bond donors (Lipinski definition) is 1. The molecule has 0 bridgehead atoms. The lowest BCUT2D eigenvalue weighted by Crippen LogP contribution is -2.09. The molecule has 0 aliphatic heterocycles. The standard InChI is InChI=1S/C12H12N4OS/c13-8-10-14-12(17-15-10)11(9-4-3-7-18-9)16-5-1-2-6-16/h1-7,11H,8,13H2. The molecule has 3 rings (SSSR count). The van der Waals surface area contributed by atoms with Crippen LogP contribution in [-0.4, -0.2) is 14.7 Å². The van der Waals surface area contributed by atoms with E-state index in [0.29, 0.717) is 11.7 Å². The molecule has 0 aliphatic rings. The second-order valence-corrected chi connectivity index (χ2v) is 4.78. The van der Waals surface area contributed by atoms with E-state index in [-0.39, 0.29) is 12.6 Å². The van der Waals surface area contributed by atoms with Crippen LogP contribution in [0.4, 0.5) is 0 Å². The summed E-state index contributed by atoms with van der Waals surface area (Å²) in [5.74, 6) is 1.09. The van der Waals surface area contributed by atoms with Crippen molar-refractivity contribution in [2.75, 3.05) is 0 Å². The Morgan fingerprint density at radius 2 is 2.17 bits per heavy atom. The van der Waals surface area contributed by atoms with Crippen molar-refractivity contribution in [2.24, 2.45) is 5.73 Å². The molecule has 92 valence electrons. The first-order chi connectivity index (χ1) is 8.88. The van der Waals surface area contributed by atoms with Crippen molar-refractivity contribution in [2.45, 2.75) is 12.6 Å². The highest BCUT2D eigenvalue weighted by molar-refractivity contribution is 7.10. The van der Waals surface area contributed by atoms with Crippen LogP contribution in [0.2, 0.25) is 0 Å². The number of thiophene rings is 1. The second-order valence-electron chi connectivity index (χ2n) is 3.80. The summed E-state index contributed by atoms with van der Waals surface area (Å²) in [6.07, 6.45) is 3.97. The average molecular weight is 260 g/mol. The van der Waals surface area contributed by atoms with Crippen LogP contribution in [0, 0.1) is 0 Å². The third-order valence-electron chi connectivity index (χ3n) is 2.64. The summed E-state index contributed by atoms with van der Waals surface area (Å²) in [7, 11) is 0. The maximum Gasteiger partial charge on any atom is 0.255 e. The molecule has 0 spiro atoms. The predicted molar refractivity (Wildman–Crippen MR) is 68.2 cm³/mol. The predicted octanol–water partition coefficient (Wildman–Crippen LogP) is 2.03. The van der Waals surface area contributed by atoms with Gasteiger partial charge in [0.1, 0.15) is 6.04 Å². The van der Waals surface area contributed by atoms with Crippen molar-refractivity contribution in [3.8, 4) is 0 Å². The normalized spacial score (nSPS) is 12.7. The summed E-state index contributed by atoms with van der Waals surface area (Å²) in [4.78, 5) is 5.48. The Bertz CT molecular complexity index is 566. The third kappa shape index (κ3) is 1.96. The van der Waals surface area contributed by atoms with E-state index < -0.39 is 0 Å². The Morgan fingerprint density at radius 1 is 1.33 bits per heavy atom. The highest BCUT2D eigenvalue weighted by atomic mass is 32.1. The van der Waals surface area contributed by atoms with Crippen LogP contribution in [-0.2, 0) is 6.54 Å². The van der Waals surface area contributed by atoms with E-state index >= 15 is 0 Å². The Balaban J connectivity index is 2.05. The molecule has 1 atom stereocenters. The van der Waals surface area contributed by atoms with Crippen LogP contribution in [0.25, 0.3) is 0 Å². The Labute approximate surface area is 108 Å². The Kier molecular flexibility index (Phi) is 2.95. The molecule has 0 saturated heterocycles. The molecule has 0 fully saturated rings. The lowest BCUT2D eigenvalue weighted by molar-refractivity contribution is 0.351. The summed E-state index contributed by atoms with van der Waals surface area (Å²) in [5, 5.41) is 5.89. The van der Waals surface area contributed by atoms with Crippen molar-refractivity contribution in [1.29, 1.82) is 0 Å². The molecule has 2 N–H and O–H groups in total. The minimum atomic E-state index is -0.0761. The first kappa shape index (κ1) is 11.2. The fraction of sp³-hybridized carbons (Fsp3) is 0.167. The zero-order chi connectivity index (χ0) is 12.4. The number of aromatic nitrogens is 3. The van der Waals surface area contributed by atoms with Gasteiger partial charge >= 0.3 is 0 Å². The van der Waals surface area contributed by atoms with Gasteiger partial charge < -0.3 is 14.8 Å². The molecule has 0 radical (unpaired) electrons. The van der Waals surface area contributed by atoms with E-state index in [2.05, 4.69) is 16.2 Å². The van der Waals surface area contributed by atoms with E-state index in [0.717, 1.165) is 4.88 Å². The van der Waals surface area contributed by atoms with Gasteiger partial charge in [0.2, 0.25) is 0 Å². The lowest BCUT2D eigenvalue weighted by Gasteiger charge is -2.12. The van der Waals surface area contributed by atoms with Gasteiger partial charge in [-0.1, -0.05) is 11.2 Å². The summed E-state index contributed by atoms with van der Waals surface area (Å²) in [6, 6.07) is 7.94. The molecular formula is C12H12N4OS. The number of nitrogens with two attached hydrogens (primary N) is 1. The quantitative estimate of drug-likeness (QED) is 0.779. The van der Waals surface area contributed by atoms with Crippen molar-refractivity contribution in [1.82, 2.24) is 14.7 Å². The molecule has 0 saturated carbocycles. The van der Waals surface area contributed by atoms with Gasteiger partial charge in [-0.2, -0.15) is 4.98 Å². The van der Waals surface area contributed by atoms with Gasteiger partial charge in [-0.15, -0.1) is 11.3 Å². The molecular weight excluding hydrogens is 248 g/mol. The van der Waals surface area contributed by atoms with Gasteiger partial charge in [-0.05, 0) is 23.6 Å². The minimum Gasteiger partial charge on any atom is -0.337 e. The first-order valence-corrected chi connectivity index (χ1v) is 6.45. The molecule has 18 heavy (non-hydrogen) atoms. The van der Waals surface area contributed by atoms with Crippen LogP contribution in [0.15, 0.2) is 46.6 Å². The van der Waals surface area contributed by atoms with Gasteiger partial charge in [0.15, 0.2) is 5.82 Å². The highest BCUT2D eigenvalue weighted by Crippen LogP contribution is 2.28. The smallest absolute Gasteiger partial charge is 0.255 e.